The van der Waals surface area contributed by atoms with E-state index in [9.17, 15) is 4.79 Å². The van der Waals surface area contributed by atoms with Gasteiger partial charge in [0.1, 0.15) is 0 Å². The summed E-state index contributed by atoms with van der Waals surface area (Å²) in [6.45, 7) is 4.33. The first kappa shape index (κ1) is 10.1. The quantitative estimate of drug-likeness (QED) is 0.380. The maximum absolute atomic E-state index is 11.1. The lowest BCUT2D eigenvalue weighted by molar-refractivity contribution is -0.139. The van der Waals surface area contributed by atoms with Gasteiger partial charge in [0.25, 0.3) is 0 Å². The van der Waals surface area contributed by atoms with Crippen molar-refractivity contribution in [1.29, 1.82) is 0 Å². The van der Waals surface area contributed by atoms with Gasteiger partial charge in [-0.05, 0) is 23.8 Å². The number of rotatable bonds is 3. The van der Waals surface area contributed by atoms with Crippen LogP contribution in [0, 0.1) is 11.3 Å². The molecule has 1 saturated carbocycles. The van der Waals surface area contributed by atoms with E-state index < -0.39 is 5.97 Å². The first-order chi connectivity index (χ1) is 6.01. The third-order valence-corrected chi connectivity index (χ3v) is 2.55. The fraction of sp³-hybridized carbons (Fsp3) is 0.700. The van der Waals surface area contributed by atoms with Crippen LogP contribution in [0.1, 0.15) is 20.3 Å². The molecule has 74 valence electrons. The standard InChI is InChI=1S/C10H16O3/c1-10(2)6-7(10)5-8(12-3)9(11)13-4/h5,7H,6H2,1-4H3. The molecule has 1 aliphatic carbocycles. The fourth-order valence-electron chi connectivity index (χ4n) is 1.30. The minimum atomic E-state index is -0.398. The van der Waals surface area contributed by atoms with Crippen LogP contribution in [-0.4, -0.2) is 20.2 Å². The van der Waals surface area contributed by atoms with E-state index in [-0.39, 0.29) is 0 Å². The second-order valence-corrected chi connectivity index (χ2v) is 4.03. The number of carbonyl (C=O) groups is 1. The Hall–Kier alpha value is -0.990. The van der Waals surface area contributed by atoms with Gasteiger partial charge >= 0.3 is 5.97 Å². The van der Waals surface area contributed by atoms with Crippen LogP contribution in [-0.2, 0) is 14.3 Å². The maximum Gasteiger partial charge on any atom is 0.372 e. The Kier molecular flexibility index (Phi) is 2.64. The molecule has 3 heteroatoms. The van der Waals surface area contributed by atoms with Crippen LogP contribution >= 0.6 is 0 Å². The number of esters is 1. The Morgan fingerprint density at radius 1 is 1.38 bits per heavy atom. The number of hydrogen-bond acceptors (Lipinski definition) is 3. The highest BCUT2D eigenvalue weighted by Gasteiger charge is 2.44. The lowest BCUT2D eigenvalue weighted by Crippen LogP contribution is -2.07. The van der Waals surface area contributed by atoms with Gasteiger partial charge in [0.2, 0.25) is 5.76 Å². The smallest absolute Gasteiger partial charge is 0.372 e. The van der Waals surface area contributed by atoms with Gasteiger partial charge < -0.3 is 9.47 Å². The van der Waals surface area contributed by atoms with Crippen molar-refractivity contribution in [2.45, 2.75) is 20.3 Å². The van der Waals surface area contributed by atoms with Crippen molar-refractivity contribution < 1.29 is 14.3 Å². The lowest BCUT2D eigenvalue weighted by Gasteiger charge is -2.04. The average Bonchev–Trinajstić information content (AvgIpc) is 2.68. The zero-order valence-corrected chi connectivity index (χ0v) is 8.59. The molecule has 1 unspecified atom stereocenters. The Bertz CT molecular complexity index is 241. The van der Waals surface area contributed by atoms with Gasteiger partial charge in [-0.25, -0.2) is 4.79 Å². The molecule has 0 bridgehead atoms. The van der Waals surface area contributed by atoms with Crippen LogP contribution < -0.4 is 0 Å². The summed E-state index contributed by atoms with van der Waals surface area (Å²) in [4.78, 5) is 11.1. The highest BCUT2D eigenvalue weighted by Crippen LogP contribution is 2.52. The normalized spacial score (nSPS) is 25.2. The third kappa shape index (κ3) is 2.23. The van der Waals surface area contributed by atoms with Crippen LogP contribution in [0.25, 0.3) is 0 Å². The van der Waals surface area contributed by atoms with E-state index in [0.29, 0.717) is 17.1 Å². The second kappa shape index (κ2) is 3.40. The van der Waals surface area contributed by atoms with E-state index >= 15 is 0 Å². The molecule has 0 aromatic carbocycles. The molecule has 1 fully saturated rings. The van der Waals surface area contributed by atoms with Crippen molar-refractivity contribution in [1.82, 2.24) is 0 Å². The number of methoxy groups -OCH3 is 2. The molecule has 0 heterocycles. The van der Waals surface area contributed by atoms with Crippen LogP contribution in [0.5, 0.6) is 0 Å². The van der Waals surface area contributed by atoms with E-state index in [1.807, 2.05) is 6.08 Å². The summed E-state index contributed by atoms with van der Waals surface area (Å²) in [7, 11) is 2.84. The first-order valence-corrected chi connectivity index (χ1v) is 4.35. The number of carbonyl (C=O) groups excluding carboxylic acids is 1. The van der Waals surface area contributed by atoms with Crippen LogP contribution in [0.3, 0.4) is 0 Å². The van der Waals surface area contributed by atoms with Crippen LogP contribution in [0.15, 0.2) is 11.8 Å². The molecule has 0 aromatic rings. The monoisotopic (exact) mass is 184 g/mol. The Labute approximate surface area is 78.7 Å². The summed E-state index contributed by atoms with van der Waals surface area (Å²) in [5.41, 5.74) is 0.317. The predicted molar refractivity (Wildman–Crippen MR) is 49.0 cm³/mol. The van der Waals surface area contributed by atoms with Gasteiger partial charge in [0.05, 0.1) is 14.2 Å². The molecule has 0 aromatic heterocycles. The van der Waals surface area contributed by atoms with E-state index in [0.717, 1.165) is 6.42 Å². The summed E-state index contributed by atoms with van der Waals surface area (Å²) < 4.78 is 9.50. The van der Waals surface area contributed by atoms with Gasteiger partial charge in [-0.1, -0.05) is 13.8 Å². The van der Waals surface area contributed by atoms with Crippen molar-refractivity contribution in [3.8, 4) is 0 Å². The number of hydrogen-bond donors (Lipinski definition) is 0. The molecular formula is C10H16O3. The van der Waals surface area contributed by atoms with Crippen molar-refractivity contribution in [3.63, 3.8) is 0 Å². The number of ether oxygens (including phenoxy) is 2. The van der Waals surface area contributed by atoms with Crippen LogP contribution in [0.4, 0.5) is 0 Å². The van der Waals surface area contributed by atoms with E-state index in [1.54, 1.807) is 0 Å². The fourth-order valence-corrected chi connectivity index (χ4v) is 1.30. The van der Waals surface area contributed by atoms with Gasteiger partial charge in [-0.3, -0.25) is 0 Å². The molecule has 0 spiro atoms. The molecule has 0 saturated heterocycles. The van der Waals surface area contributed by atoms with Crippen molar-refractivity contribution in [3.05, 3.63) is 11.8 Å². The minimum absolute atomic E-state index is 0.317. The summed E-state index contributed by atoms with van der Waals surface area (Å²) in [5, 5.41) is 0. The maximum atomic E-state index is 11.1. The summed E-state index contributed by atoms with van der Waals surface area (Å²) in [5.74, 6) is 0.366. The van der Waals surface area contributed by atoms with E-state index in [1.165, 1.54) is 14.2 Å². The van der Waals surface area contributed by atoms with Crippen molar-refractivity contribution in [2.24, 2.45) is 11.3 Å². The molecule has 1 atom stereocenters. The highest BCUT2D eigenvalue weighted by molar-refractivity contribution is 5.86. The molecule has 13 heavy (non-hydrogen) atoms. The molecule has 0 aliphatic heterocycles. The van der Waals surface area contributed by atoms with Gasteiger partial charge in [0, 0.05) is 0 Å². The molecule has 3 nitrogen and oxygen atoms in total. The van der Waals surface area contributed by atoms with Crippen LogP contribution in [0.2, 0.25) is 0 Å². The molecule has 0 radical (unpaired) electrons. The topological polar surface area (TPSA) is 35.5 Å². The molecular weight excluding hydrogens is 168 g/mol. The van der Waals surface area contributed by atoms with Crippen molar-refractivity contribution >= 4 is 5.97 Å². The molecule has 1 aliphatic rings. The van der Waals surface area contributed by atoms with Crippen molar-refractivity contribution in [2.75, 3.05) is 14.2 Å². The van der Waals surface area contributed by atoms with E-state index in [2.05, 4.69) is 18.6 Å². The zero-order chi connectivity index (χ0) is 10.1. The largest absolute Gasteiger partial charge is 0.490 e. The Morgan fingerprint density at radius 2 is 1.92 bits per heavy atom. The lowest BCUT2D eigenvalue weighted by atomic mass is 10.1. The van der Waals surface area contributed by atoms with Gasteiger partial charge in [-0.15, -0.1) is 0 Å². The summed E-state index contributed by atoms with van der Waals surface area (Å²) in [6, 6.07) is 0. The SMILES string of the molecule is COC(=O)C(=CC1CC1(C)C)OC. The molecule has 0 amide bonds. The van der Waals surface area contributed by atoms with Gasteiger partial charge in [0.15, 0.2) is 0 Å². The summed E-state index contributed by atoms with van der Waals surface area (Å²) in [6.07, 6.45) is 2.96. The number of allylic oxidation sites excluding steroid dienone is 1. The zero-order valence-electron chi connectivity index (χ0n) is 8.59. The second-order valence-electron chi connectivity index (χ2n) is 4.03. The van der Waals surface area contributed by atoms with E-state index in [4.69, 9.17) is 4.74 Å². The minimum Gasteiger partial charge on any atom is -0.490 e. The first-order valence-electron chi connectivity index (χ1n) is 4.35. The summed E-state index contributed by atoms with van der Waals surface area (Å²) >= 11 is 0. The Morgan fingerprint density at radius 3 is 2.23 bits per heavy atom. The predicted octanol–water partition coefficient (Wildman–Crippen LogP) is 1.74. The third-order valence-electron chi connectivity index (χ3n) is 2.55. The van der Waals surface area contributed by atoms with Gasteiger partial charge in [-0.2, -0.15) is 0 Å². The Balaban J connectivity index is 2.62. The molecule has 0 N–H and O–H groups in total. The molecule has 1 rings (SSSR count). The highest BCUT2D eigenvalue weighted by atomic mass is 16.6. The average molecular weight is 184 g/mol.